The second kappa shape index (κ2) is 7.11. The van der Waals surface area contributed by atoms with Crippen LogP contribution in [0.5, 0.6) is 0 Å². The van der Waals surface area contributed by atoms with Gasteiger partial charge in [-0.25, -0.2) is 4.79 Å². The fourth-order valence-corrected chi connectivity index (χ4v) is 1.20. The minimum absolute atomic E-state index is 0.160. The zero-order chi connectivity index (χ0) is 13.5. The Balaban J connectivity index is 4.35. The number of nitrogens with one attached hydrogen (secondary N) is 2. The Labute approximate surface area is 102 Å². The van der Waals surface area contributed by atoms with Gasteiger partial charge in [-0.1, -0.05) is 20.8 Å². The van der Waals surface area contributed by atoms with Crippen LogP contribution in [0.2, 0.25) is 0 Å². The van der Waals surface area contributed by atoms with Gasteiger partial charge in [0.05, 0.1) is 6.61 Å². The number of ether oxygens (including phenoxy) is 2. The first-order chi connectivity index (χ1) is 7.82. The second-order valence-electron chi connectivity index (χ2n) is 4.69. The first-order valence-electron chi connectivity index (χ1n) is 5.46. The predicted molar refractivity (Wildman–Crippen MR) is 63.7 cm³/mol. The largest absolute Gasteiger partial charge is 0.447 e. The van der Waals surface area contributed by atoms with E-state index in [9.17, 15) is 9.59 Å². The second-order valence-corrected chi connectivity index (χ2v) is 4.69. The van der Waals surface area contributed by atoms with Crippen molar-refractivity contribution in [3.05, 3.63) is 0 Å². The number of alkyl carbamates (subject to hydrolysis) is 1. The molecule has 0 aromatic carbocycles. The predicted octanol–water partition coefficient (Wildman–Crippen LogP) is 0.520. The molecule has 0 heterocycles. The van der Waals surface area contributed by atoms with Gasteiger partial charge in [0.15, 0.2) is 0 Å². The van der Waals surface area contributed by atoms with Gasteiger partial charge in [0.25, 0.3) is 0 Å². The molecule has 6 heteroatoms. The summed E-state index contributed by atoms with van der Waals surface area (Å²) in [5, 5.41) is 5.05. The summed E-state index contributed by atoms with van der Waals surface area (Å²) in [5.74, 6) is -0.249. The van der Waals surface area contributed by atoms with Gasteiger partial charge in [0.2, 0.25) is 5.91 Å². The summed E-state index contributed by atoms with van der Waals surface area (Å²) < 4.78 is 9.60. The van der Waals surface area contributed by atoms with E-state index in [2.05, 4.69) is 10.6 Å². The van der Waals surface area contributed by atoms with E-state index < -0.39 is 12.1 Å². The van der Waals surface area contributed by atoms with Crippen molar-refractivity contribution in [2.45, 2.75) is 26.8 Å². The monoisotopic (exact) mass is 246 g/mol. The van der Waals surface area contributed by atoms with Crippen molar-refractivity contribution in [3.8, 4) is 0 Å². The smallest absolute Gasteiger partial charge is 0.407 e. The average molecular weight is 246 g/mol. The molecular formula is C11H22N2O4. The Morgan fingerprint density at radius 2 is 1.82 bits per heavy atom. The highest BCUT2D eigenvalue weighted by Gasteiger charge is 2.32. The normalized spacial score (nSPS) is 12.8. The molecule has 0 bridgehead atoms. The molecular weight excluding hydrogens is 224 g/mol. The summed E-state index contributed by atoms with van der Waals surface area (Å²) in [6.07, 6.45) is -0.620. The van der Waals surface area contributed by atoms with Gasteiger partial charge in [-0.3, -0.25) is 4.79 Å². The molecule has 1 unspecified atom stereocenters. The number of likely N-dealkylation sites (N-methyl/N-ethyl adjacent to an activating group) is 1. The van der Waals surface area contributed by atoms with Crippen LogP contribution in [0.4, 0.5) is 4.79 Å². The average Bonchev–Trinajstić information content (AvgIpc) is 2.23. The van der Waals surface area contributed by atoms with E-state index in [1.807, 2.05) is 20.8 Å². The van der Waals surface area contributed by atoms with Crippen molar-refractivity contribution in [1.82, 2.24) is 10.6 Å². The van der Waals surface area contributed by atoms with E-state index >= 15 is 0 Å². The summed E-state index contributed by atoms with van der Waals surface area (Å²) >= 11 is 0. The van der Waals surface area contributed by atoms with Crippen LogP contribution in [0.1, 0.15) is 20.8 Å². The summed E-state index contributed by atoms with van der Waals surface area (Å²) in [4.78, 5) is 23.0. The van der Waals surface area contributed by atoms with E-state index in [1.54, 1.807) is 0 Å². The molecule has 0 aliphatic rings. The number of amides is 2. The van der Waals surface area contributed by atoms with E-state index in [4.69, 9.17) is 9.47 Å². The van der Waals surface area contributed by atoms with Gasteiger partial charge < -0.3 is 20.1 Å². The van der Waals surface area contributed by atoms with Crippen LogP contribution in [0.15, 0.2) is 0 Å². The van der Waals surface area contributed by atoms with Crippen LogP contribution in [0.25, 0.3) is 0 Å². The van der Waals surface area contributed by atoms with Gasteiger partial charge in [-0.2, -0.15) is 0 Å². The maximum absolute atomic E-state index is 11.6. The van der Waals surface area contributed by atoms with Crippen molar-refractivity contribution in [3.63, 3.8) is 0 Å². The van der Waals surface area contributed by atoms with Crippen molar-refractivity contribution in [2.75, 3.05) is 27.4 Å². The van der Waals surface area contributed by atoms with Gasteiger partial charge in [0, 0.05) is 14.2 Å². The lowest BCUT2D eigenvalue weighted by molar-refractivity contribution is -0.125. The molecule has 0 aliphatic heterocycles. The highest BCUT2D eigenvalue weighted by molar-refractivity contribution is 5.86. The van der Waals surface area contributed by atoms with Crippen LogP contribution in [-0.2, 0) is 14.3 Å². The molecule has 2 N–H and O–H groups in total. The van der Waals surface area contributed by atoms with Crippen LogP contribution in [0, 0.1) is 5.41 Å². The van der Waals surface area contributed by atoms with Crippen molar-refractivity contribution in [2.24, 2.45) is 5.41 Å². The van der Waals surface area contributed by atoms with Gasteiger partial charge >= 0.3 is 6.09 Å². The Bertz CT molecular complexity index is 261. The number of rotatable bonds is 5. The SMILES string of the molecule is CNC(=O)C(NC(=O)OCCOC)C(C)(C)C. The van der Waals surface area contributed by atoms with Crippen molar-refractivity contribution < 1.29 is 19.1 Å². The Morgan fingerprint density at radius 3 is 2.24 bits per heavy atom. The Morgan fingerprint density at radius 1 is 1.24 bits per heavy atom. The Hall–Kier alpha value is -1.30. The zero-order valence-electron chi connectivity index (χ0n) is 11.1. The quantitative estimate of drug-likeness (QED) is 0.693. The highest BCUT2D eigenvalue weighted by Crippen LogP contribution is 2.19. The lowest BCUT2D eigenvalue weighted by atomic mass is 9.86. The number of hydrogen-bond acceptors (Lipinski definition) is 4. The molecule has 0 saturated heterocycles. The molecule has 1 atom stereocenters. The molecule has 100 valence electrons. The molecule has 0 radical (unpaired) electrons. The summed E-state index contributed by atoms with van der Waals surface area (Å²) in [6, 6.07) is -0.637. The van der Waals surface area contributed by atoms with Gasteiger partial charge in [0.1, 0.15) is 12.6 Å². The van der Waals surface area contributed by atoms with Crippen LogP contribution >= 0.6 is 0 Å². The zero-order valence-corrected chi connectivity index (χ0v) is 11.1. The Kier molecular flexibility index (Phi) is 6.57. The first-order valence-corrected chi connectivity index (χ1v) is 5.46. The fraction of sp³-hybridized carbons (Fsp3) is 0.818. The van der Waals surface area contributed by atoms with Crippen LogP contribution in [-0.4, -0.2) is 45.4 Å². The summed E-state index contributed by atoms with van der Waals surface area (Å²) in [5.41, 5.74) is -0.389. The number of methoxy groups -OCH3 is 1. The van der Waals surface area contributed by atoms with E-state index in [0.29, 0.717) is 6.61 Å². The standard InChI is InChI=1S/C11H22N2O4/c1-11(2,3)8(9(14)12-4)13-10(15)17-7-6-16-5/h8H,6-7H2,1-5H3,(H,12,14)(H,13,15). The minimum atomic E-state index is -0.637. The van der Waals surface area contributed by atoms with Gasteiger partial charge in [-0.15, -0.1) is 0 Å². The molecule has 0 fully saturated rings. The first kappa shape index (κ1) is 15.7. The highest BCUT2D eigenvalue weighted by atomic mass is 16.6. The molecule has 6 nitrogen and oxygen atoms in total. The summed E-state index contributed by atoms with van der Waals surface area (Å²) in [7, 11) is 3.04. The minimum Gasteiger partial charge on any atom is -0.447 e. The maximum Gasteiger partial charge on any atom is 0.407 e. The number of hydrogen-bond donors (Lipinski definition) is 2. The third-order valence-electron chi connectivity index (χ3n) is 2.16. The molecule has 17 heavy (non-hydrogen) atoms. The third-order valence-corrected chi connectivity index (χ3v) is 2.16. The maximum atomic E-state index is 11.6. The lowest BCUT2D eigenvalue weighted by Gasteiger charge is -2.29. The molecule has 0 aromatic heterocycles. The summed E-state index contributed by atoms with van der Waals surface area (Å²) in [6.45, 7) is 6.08. The number of carbonyl (C=O) groups is 2. The topological polar surface area (TPSA) is 76.7 Å². The molecule has 0 spiro atoms. The van der Waals surface area contributed by atoms with E-state index in [1.165, 1.54) is 14.2 Å². The van der Waals surface area contributed by atoms with Crippen molar-refractivity contribution in [1.29, 1.82) is 0 Å². The van der Waals surface area contributed by atoms with Gasteiger partial charge in [-0.05, 0) is 5.41 Å². The molecule has 0 aliphatic carbocycles. The molecule has 0 saturated carbocycles. The van der Waals surface area contributed by atoms with E-state index in [-0.39, 0.29) is 17.9 Å². The van der Waals surface area contributed by atoms with E-state index in [0.717, 1.165) is 0 Å². The third kappa shape index (κ3) is 6.11. The van der Waals surface area contributed by atoms with Crippen LogP contribution < -0.4 is 10.6 Å². The van der Waals surface area contributed by atoms with Crippen molar-refractivity contribution >= 4 is 12.0 Å². The fourth-order valence-electron chi connectivity index (χ4n) is 1.20. The molecule has 0 aromatic rings. The number of carbonyl (C=O) groups excluding carboxylic acids is 2. The molecule has 0 rings (SSSR count). The lowest BCUT2D eigenvalue weighted by Crippen LogP contribution is -2.53. The molecule has 2 amide bonds. The van der Waals surface area contributed by atoms with Crippen LogP contribution in [0.3, 0.4) is 0 Å².